The van der Waals surface area contributed by atoms with Crippen LogP contribution in [0.5, 0.6) is 0 Å². The van der Waals surface area contributed by atoms with Crippen LogP contribution in [0.25, 0.3) is 0 Å². The van der Waals surface area contributed by atoms with Crippen molar-refractivity contribution >= 4 is 23.2 Å². The topological polar surface area (TPSA) is 12.0 Å². The number of halogens is 2. The molecule has 0 fully saturated rings. The van der Waals surface area contributed by atoms with Gasteiger partial charge in [0, 0.05) is 10.0 Å². The van der Waals surface area contributed by atoms with E-state index in [-0.39, 0.29) is 0 Å². The molecule has 2 rings (SSSR count). The van der Waals surface area contributed by atoms with Gasteiger partial charge in [-0.15, -0.1) is 0 Å². The van der Waals surface area contributed by atoms with Crippen molar-refractivity contribution in [2.24, 2.45) is 5.92 Å². The van der Waals surface area contributed by atoms with Crippen LogP contribution in [0, 0.1) is 12.8 Å². The Balaban J connectivity index is 2.18. The normalized spacial score (nSPS) is 12.4. The zero-order valence-electron chi connectivity index (χ0n) is 12.5. The highest BCUT2D eigenvalue weighted by atomic mass is 35.5. The molecule has 1 atom stereocenters. The number of benzene rings is 2. The summed E-state index contributed by atoms with van der Waals surface area (Å²) in [5, 5.41) is 4.80. The molecular weight excluding hydrogens is 301 g/mol. The maximum atomic E-state index is 6.30. The van der Waals surface area contributed by atoms with Crippen molar-refractivity contribution in [3.63, 3.8) is 0 Å². The molecule has 21 heavy (non-hydrogen) atoms. The van der Waals surface area contributed by atoms with Gasteiger partial charge in [0.25, 0.3) is 0 Å². The summed E-state index contributed by atoms with van der Waals surface area (Å²) in [4.78, 5) is 0. The second kappa shape index (κ2) is 7.84. The predicted molar refractivity (Wildman–Crippen MR) is 92.5 cm³/mol. The van der Waals surface area contributed by atoms with E-state index in [4.69, 9.17) is 23.2 Å². The van der Waals surface area contributed by atoms with Gasteiger partial charge in [-0.1, -0.05) is 53.5 Å². The van der Waals surface area contributed by atoms with Crippen LogP contribution in [-0.4, -0.2) is 13.6 Å². The molecule has 3 heteroatoms. The third-order valence-corrected chi connectivity index (χ3v) is 4.53. The Hall–Kier alpha value is -1.02. The molecule has 1 unspecified atom stereocenters. The minimum absolute atomic E-state index is 0.466. The molecule has 2 aromatic rings. The first-order valence-electron chi connectivity index (χ1n) is 7.23. The number of nitrogens with one attached hydrogen (secondary N) is 1. The largest absolute Gasteiger partial charge is 0.319 e. The molecule has 0 aliphatic carbocycles. The zero-order valence-corrected chi connectivity index (χ0v) is 14.0. The van der Waals surface area contributed by atoms with E-state index in [9.17, 15) is 0 Å². The van der Waals surface area contributed by atoms with Crippen molar-refractivity contribution in [2.75, 3.05) is 13.6 Å². The summed E-state index contributed by atoms with van der Waals surface area (Å²) < 4.78 is 0. The molecule has 0 amide bonds. The van der Waals surface area contributed by atoms with Gasteiger partial charge in [0.15, 0.2) is 0 Å². The van der Waals surface area contributed by atoms with Crippen LogP contribution >= 0.6 is 23.2 Å². The van der Waals surface area contributed by atoms with E-state index in [0.29, 0.717) is 5.92 Å². The van der Waals surface area contributed by atoms with Gasteiger partial charge in [-0.05, 0) is 68.1 Å². The molecule has 0 spiro atoms. The Morgan fingerprint density at radius 1 is 0.952 bits per heavy atom. The first-order valence-corrected chi connectivity index (χ1v) is 7.99. The molecule has 0 saturated carbocycles. The Morgan fingerprint density at radius 3 is 2.24 bits per heavy atom. The van der Waals surface area contributed by atoms with Crippen LogP contribution < -0.4 is 5.32 Å². The molecule has 2 aromatic carbocycles. The lowest BCUT2D eigenvalue weighted by molar-refractivity contribution is 0.492. The molecule has 1 N–H and O–H groups in total. The van der Waals surface area contributed by atoms with Crippen LogP contribution in [0.4, 0.5) is 0 Å². The van der Waals surface area contributed by atoms with E-state index in [1.54, 1.807) is 0 Å². The number of aryl methyl sites for hydroxylation is 1. The van der Waals surface area contributed by atoms with Gasteiger partial charge in [0.05, 0.1) is 0 Å². The van der Waals surface area contributed by atoms with E-state index in [2.05, 4.69) is 36.5 Å². The molecule has 0 aromatic heterocycles. The van der Waals surface area contributed by atoms with Crippen molar-refractivity contribution in [3.05, 3.63) is 69.2 Å². The molecule has 0 aliphatic rings. The maximum Gasteiger partial charge on any atom is 0.0452 e. The van der Waals surface area contributed by atoms with Crippen molar-refractivity contribution in [1.82, 2.24) is 5.32 Å². The Morgan fingerprint density at radius 2 is 1.62 bits per heavy atom. The highest BCUT2D eigenvalue weighted by Crippen LogP contribution is 2.28. The third-order valence-electron chi connectivity index (χ3n) is 3.82. The molecule has 0 saturated heterocycles. The summed E-state index contributed by atoms with van der Waals surface area (Å²) >= 11 is 12.6. The van der Waals surface area contributed by atoms with Gasteiger partial charge < -0.3 is 5.32 Å². The van der Waals surface area contributed by atoms with Gasteiger partial charge >= 0.3 is 0 Å². The van der Waals surface area contributed by atoms with Gasteiger partial charge in [-0.3, -0.25) is 0 Å². The Bertz CT molecular complexity index is 575. The highest BCUT2D eigenvalue weighted by Gasteiger charge is 2.15. The molecular formula is C18H21Cl2N. The van der Waals surface area contributed by atoms with Crippen LogP contribution in [0.1, 0.15) is 16.7 Å². The van der Waals surface area contributed by atoms with Crippen LogP contribution in [0.2, 0.25) is 10.0 Å². The summed E-state index contributed by atoms with van der Waals surface area (Å²) in [6, 6.07) is 14.3. The van der Waals surface area contributed by atoms with E-state index in [1.807, 2.05) is 25.2 Å². The molecule has 1 nitrogen and oxygen atoms in total. The number of hydrogen-bond donors (Lipinski definition) is 1. The minimum Gasteiger partial charge on any atom is -0.319 e. The average molecular weight is 322 g/mol. The average Bonchev–Trinajstić information content (AvgIpc) is 2.45. The zero-order chi connectivity index (χ0) is 15.2. The third kappa shape index (κ3) is 4.47. The van der Waals surface area contributed by atoms with Gasteiger partial charge in [0.2, 0.25) is 0 Å². The minimum atomic E-state index is 0.466. The summed E-state index contributed by atoms with van der Waals surface area (Å²) in [7, 11) is 1.99. The standard InChI is InChI=1S/C18H21Cl2N/c1-13-6-3-4-7-15(13)10-14(12-21-2)11-16-17(19)8-5-9-18(16)20/h3-9,14,21H,10-12H2,1-2H3. The van der Waals surface area contributed by atoms with Crippen molar-refractivity contribution < 1.29 is 0 Å². The highest BCUT2D eigenvalue weighted by molar-refractivity contribution is 6.35. The quantitative estimate of drug-likeness (QED) is 0.796. The molecule has 0 bridgehead atoms. The fourth-order valence-electron chi connectivity index (χ4n) is 2.67. The first-order chi connectivity index (χ1) is 10.1. The fourth-order valence-corrected chi connectivity index (χ4v) is 3.22. The van der Waals surface area contributed by atoms with E-state index < -0.39 is 0 Å². The van der Waals surface area contributed by atoms with Crippen LogP contribution in [-0.2, 0) is 12.8 Å². The first kappa shape index (κ1) is 16.4. The summed E-state index contributed by atoms with van der Waals surface area (Å²) in [5.74, 6) is 0.466. The van der Waals surface area contributed by atoms with Gasteiger partial charge in [0.1, 0.15) is 0 Å². The molecule has 0 heterocycles. The SMILES string of the molecule is CNCC(Cc1ccccc1C)Cc1c(Cl)cccc1Cl. The van der Waals surface area contributed by atoms with E-state index in [1.165, 1.54) is 11.1 Å². The molecule has 112 valence electrons. The van der Waals surface area contributed by atoms with Crippen LogP contribution in [0.3, 0.4) is 0 Å². The van der Waals surface area contributed by atoms with Crippen molar-refractivity contribution in [3.8, 4) is 0 Å². The second-order valence-corrected chi connectivity index (χ2v) is 6.27. The Labute approximate surface area is 137 Å². The van der Waals surface area contributed by atoms with Gasteiger partial charge in [-0.25, -0.2) is 0 Å². The van der Waals surface area contributed by atoms with Gasteiger partial charge in [-0.2, -0.15) is 0 Å². The summed E-state index contributed by atoms with van der Waals surface area (Å²) in [6.45, 7) is 3.10. The lowest BCUT2D eigenvalue weighted by atomic mass is 9.90. The summed E-state index contributed by atoms with van der Waals surface area (Å²) in [6.07, 6.45) is 1.91. The lowest BCUT2D eigenvalue weighted by Gasteiger charge is -2.19. The predicted octanol–water partition coefficient (Wildman–Crippen LogP) is 4.92. The van der Waals surface area contributed by atoms with E-state index >= 15 is 0 Å². The lowest BCUT2D eigenvalue weighted by Crippen LogP contribution is -2.23. The second-order valence-electron chi connectivity index (χ2n) is 5.46. The molecule has 0 radical (unpaired) electrons. The smallest absolute Gasteiger partial charge is 0.0452 e. The summed E-state index contributed by atoms with van der Waals surface area (Å²) in [5.41, 5.74) is 3.78. The van der Waals surface area contributed by atoms with E-state index in [0.717, 1.165) is 35.0 Å². The van der Waals surface area contributed by atoms with Crippen molar-refractivity contribution in [2.45, 2.75) is 19.8 Å². The number of hydrogen-bond acceptors (Lipinski definition) is 1. The number of rotatable bonds is 6. The van der Waals surface area contributed by atoms with Crippen LogP contribution in [0.15, 0.2) is 42.5 Å². The fraction of sp³-hybridized carbons (Fsp3) is 0.333. The monoisotopic (exact) mass is 321 g/mol. The Kier molecular flexibility index (Phi) is 6.10. The molecule has 0 aliphatic heterocycles. The maximum absolute atomic E-state index is 6.30. The van der Waals surface area contributed by atoms with Crippen molar-refractivity contribution in [1.29, 1.82) is 0 Å².